The molecule has 4 aromatic carbocycles. The molecule has 2 heterocycles. The maximum atomic E-state index is 13.5. The van der Waals surface area contributed by atoms with Crippen molar-refractivity contribution in [1.29, 1.82) is 0 Å². The Morgan fingerprint density at radius 2 is 1.67 bits per heavy atom. The van der Waals surface area contributed by atoms with Crippen molar-refractivity contribution in [2.75, 3.05) is 18.0 Å². The van der Waals surface area contributed by atoms with E-state index in [1.807, 2.05) is 23.0 Å². The van der Waals surface area contributed by atoms with Gasteiger partial charge in [-0.05, 0) is 102 Å². The third kappa shape index (κ3) is 3.42. The van der Waals surface area contributed by atoms with E-state index in [2.05, 4.69) is 66.3 Å². The van der Waals surface area contributed by atoms with E-state index in [4.69, 9.17) is 11.6 Å². The van der Waals surface area contributed by atoms with Gasteiger partial charge in [0.15, 0.2) is 0 Å². The van der Waals surface area contributed by atoms with E-state index in [1.165, 1.54) is 28.8 Å². The number of piperidine rings is 1. The monoisotopic (exact) mass is 535 g/mol. The summed E-state index contributed by atoms with van der Waals surface area (Å²) in [5.74, 6) is 0.160. The number of halogens is 2. The van der Waals surface area contributed by atoms with Gasteiger partial charge in [0.1, 0.15) is 5.82 Å². The predicted molar refractivity (Wildman–Crippen MR) is 154 cm³/mol. The van der Waals surface area contributed by atoms with E-state index < -0.39 is 5.24 Å². The highest BCUT2D eigenvalue weighted by Crippen LogP contribution is 2.74. The van der Waals surface area contributed by atoms with Crippen LogP contribution in [0.4, 0.5) is 10.1 Å². The van der Waals surface area contributed by atoms with E-state index >= 15 is 0 Å². The minimum atomic E-state index is -0.441. The van der Waals surface area contributed by atoms with Crippen molar-refractivity contribution in [3.8, 4) is 5.69 Å². The molecule has 2 aliphatic rings. The molecule has 0 amide bonds. The maximum absolute atomic E-state index is 13.5. The first-order chi connectivity index (χ1) is 18.8. The lowest BCUT2D eigenvalue weighted by Gasteiger charge is -2.32. The van der Waals surface area contributed by atoms with Crippen molar-refractivity contribution in [2.45, 2.75) is 24.7 Å². The topological polar surface area (TPSA) is 38.1 Å². The number of anilines is 1. The Bertz CT molecular complexity index is 1730. The van der Waals surface area contributed by atoms with Crippen LogP contribution in [0.5, 0.6) is 0 Å². The number of nitrogens with zero attached hydrogens (tertiary/aromatic N) is 3. The fourth-order valence-corrected chi connectivity index (χ4v) is 7.36. The summed E-state index contributed by atoms with van der Waals surface area (Å²) in [6, 6.07) is 29.4. The molecule has 6 heteroatoms. The highest BCUT2D eigenvalue weighted by molar-refractivity contribution is 6.67. The van der Waals surface area contributed by atoms with Crippen LogP contribution in [0.2, 0.25) is 0 Å². The highest BCUT2D eigenvalue weighted by Gasteiger charge is 2.78. The van der Waals surface area contributed by atoms with Crippen LogP contribution in [0.25, 0.3) is 16.6 Å². The molecular formula is C33H27ClFN3O. The van der Waals surface area contributed by atoms with Crippen molar-refractivity contribution < 1.29 is 9.18 Å². The third-order valence-electron chi connectivity index (χ3n) is 9.28. The van der Waals surface area contributed by atoms with Crippen LogP contribution in [0, 0.1) is 18.7 Å². The van der Waals surface area contributed by atoms with Crippen molar-refractivity contribution in [2.24, 2.45) is 5.92 Å². The van der Waals surface area contributed by atoms with E-state index in [-0.39, 0.29) is 16.6 Å². The maximum Gasteiger partial charge on any atom is 0.252 e. The van der Waals surface area contributed by atoms with E-state index in [9.17, 15) is 9.18 Å². The number of rotatable bonds is 5. The SMILES string of the molecule is Cc1cc2c(cnn2-c2ccc(F)cc2)cc1[C@]12CN(c3ccc(C(=O)Cl)cc3)C[C@H]1[C@@]2(C)c1ccccc1. The molecule has 3 atom stereocenters. The molecule has 7 rings (SSSR count). The van der Waals surface area contributed by atoms with Crippen molar-refractivity contribution >= 4 is 33.4 Å². The van der Waals surface area contributed by atoms with Gasteiger partial charge in [0.2, 0.25) is 0 Å². The van der Waals surface area contributed by atoms with Gasteiger partial charge in [0.05, 0.1) is 17.4 Å². The van der Waals surface area contributed by atoms with Gasteiger partial charge in [0.25, 0.3) is 5.24 Å². The minimum absolute atomic E-state index is 0.0117. The van der Waals surface area contributed by atoms with Crippen LogP contribution >= 0.6 is 11.6 Å². The summed E-state index contributed by atoms with van der Waals surface area (Å²) < 4.78 is 15.4. The molecule has 1 aliphatic heterocycles. The number of aryl methyl sites for hydroxylation is 1. The largest absolute Gasteiger partial charge is 0.370 e. The molecule has 4 nitrogen and oxygen atoms in total. The predicted octanol–water partition coefficient (Wildman–Crippen LogP) is 7.20. The van der Waals surface area contributed by atoms with Crippen LogP contribution in [0.1, 0.15) is 34.0 Å². The van der Waals surface area contributed by atoms with Crippen LogP contribution < -0.4 is 4.90 Å². The van der Waals surface area contributed by atoms with Crippen LogP contribution in [-0.2, 0) is 10.8 Å². The summed E-state index contributed by atoms with van der Waals surface area (Å²) >= 11 is 5.69. The summed E-state index contributed by atoms with van der Waals surface area (Å²) in [7, 11) is 0. The number of fused-ring (bicyclic) bond motifs is 2. The Morgan fingerprint density at radius 3 is 2.36 bits per heavy atom. The zero-order valence-corrected chi connectivity index (χ0v) is 22.5. The number of carbonyl (C=O) groups is 1. The molecule has 1 saturated carbocycles. The summed E-state index contributed by atoms with van der Waals surface area (Å²) in [5, 5.41) is 5.29. The van der Waals surface area contributed by atoms with Gasteiger partial charge in [-0.3, -0.25) is 4.79 Å². The molecule has 0 bridgehead atoms. The lowest BCUT2D eigenvalue weighted by Crippen LogP contribution is -2.35. The van der Waals surface area contributed by atoms with E-state index in [0.717, 1.165) is 35.4 Å². The number of aromatic nitrogens is 2. The number of hydrogen-bond acceptors (Lipinski definition) is 3. The second kappa shape index (κ2) is 8.52. The molecule has 194 valence electrons. The van der Waals surface area contributed by atoms with Crippen molar-refractivity contribution in [1.82, 2.24) is 9.78 Å². The van der Waals surface area contributed by atoms with Crippen LogP contribution in [-0.4, -0.2) is 28.1 Å². The quantitative estimate of drug-likeness (QED) is 0.223. The first-order valence-corrected chi connectivity index (χ1v) is 13.6. The average Bonchev–Trinajstić information content (AvgIpc) is 3.29. The molecule has 2 fully saturated rings. The standard InChI is InChI=1S/C33H27ClFN3O/c1-21-16-29-23(18-36-38(29)27-14-10-25(35)11-15-27)17-28(21)33-20-37(26-12-8-22(9-13-26)31(34)39)19-30(33)32(33,2)24-6-4-3-5-7-24/h3-18,30H,19-20H2,1-2H3/t30-,32+,33+/m0/s1. The lowest BCUT2D eigenvalue weighted by atomic mass is 9.80. The minimum Gasteiger partial charge on any atom is -0.370 e. The molecule has 1 aliphatic carbocycles. The Kier molecular flexibility index (Phi) is 5.27. The van der Waals surface area contributed by atoms with Gasteiger partial charge in [-0.15, -0.1) is 0 Å². The second-order valence-electron chi connectivity index (χ2n) is 11.1. The Hall–Kier alpha value is -3.96. The van der Waals surface area contributed by atoms with Gasteiger partial charge in [-0.2, -0.15) is 5.10 Å². The van der Waals surface area contributed by atoms with Crippen LogP contribution in [0.15, 0.2) is 97.2 Å². The van der Waals surface area contributed by atoms with Gasteiger partial charge in [-0.1, -0.05) is 37.3 Å². The molecule has 39 heavy (non-hydrogen) atoms. The molecule has 5 aromatic rings. The van der Waals surface area contributed by atoms with Gasteiger partial charge in [0, 0.05) is 40.6 Å². The Balaban J connectivity index is 1.33. The second-order valence-corrected chi connectivity index (χ2v) is 11.4. The molecule has 0 N–H and O–H groups in total. The van der Waals surface area contributed by atoms with E-state index in [0.29, 0.717) is 11.5 Å². The number of benzene rings is 4. The van der Waals surface area contributed by atoms with Crippen molar-refractivity contribution in [3.05, 3.63) is 125 Å². The average molecular weight is 536 g/mol. The summed E-state index contributed by atoms with van der Waals surface area (Å²) in [6.07, 6.45) is 1.91. The van der Waals surface area contributed by atoms with Gasteiger partial charge >= 0.3 is 0 Å². The Morgan fingerprint density at radius 1 is 0.974 bits per heavy atom. The van der Waals surface area contributed by atoms with Gasteiger partial charge < -0.3 is 4.90 Å². The zero-order valence-electron chi connectivity index (χ0n) is 21.7. The van der Waals surface area contributed by atoms with Crippen LogP contribution in [0.3, 0.4) is 0 Å². The summed E-state index contributed by atoms with van der Waals surface area (Å²) in [6.45, 7) is 6.39. The molecular weight excluding hydrogens is 509 g/mol. The van der Waals surface area contributed by atoms with Crippen molar-refractivity contribution in [3.63, 3.8) is 0 Å². The fraction of sp³-hybridized carbons (Fsp3) is 0.212. The summed E-state index contributed by atoms with van der Waals surface area (Å²) in [4.78, 5) is 14.0. The normalized spacial score (nSPS) is 23.7. The highest BCUT2D eigenvalue weighted by atomic mass is 35.5. The smallest absolute Gasteiger partial charge is 0.252 e. The summed E-state index contributed by atoms with van der Waals surface area (Å²) in [5.41, 5.74) is 7.29. The number of carbonyl (C=O) groups excluding carboxylic acids is 1. The van der Waals surface area contributed by atoms with E-state index in [1.54, 1.807) is 24.3 Å². The zero-order chi connectivity index (χ0) is 26.9. The fourth-order valence-electron chi connectivity index (χ4n) is 7.23. The lowest BCUT2D eigenvalue weighted by molar-refractivity contribution is 0.108. The number of hydrogen-bond donors (Lipinski definition) is 0. The van der Waals surface area contributed by atoms with Gasteiger partial charge in [-0.25, -0.2) is 9.07 Å². The first-order valence-electron chi connectivity index (χ1n) is 13.2. The Labute approximate surface area is 231 Å². The molecule has 0 radical (unpaired) electrons. The molecule has 1 saturated heterocycles. The first kappa shape index (κ1) is 24.1. The third-order valence-corrected chi connectivity index (χ3v) is 9.50. The molecule has 0 spiro atoms. The molecule has 1 aromatic heterocycles. The molecule has 0 unspecified atom stereocenters.